The second-order valence-electron chi connectivity index (χ2n) is 4.93. The number of anilines is 1. The summed E-state index contributed by atoms with van der Waals surface area (Å²) in [4.78, 5) is 24.1. The van der Waals surface area contributed by atoms with E-state index in [-0.39, 0.29) is 0 Å². The summed E-state index contributed by atoms with van der Waals surface area (Å²) >= 11 is 0. The molecule has 0 bridgehead atoms. The lowest BCUT2D eigenvalue weighted by Gasteiger charge is -2.14. The Morgan fingerprint density at radius 2 is 1.45 bits per heavy atom. The van der Waals surface area contributed by atoms with Gasteiger partial charge < -0.3 is 5.32 Å². The van der Waals surface area contributed by atoms with Gasteiger partial charge in [0.1, 0.15) is 0 Å². The minimum Gasteiger partial charge on any atom is -0.307 e. The topological polar surface area (TPSA) is 58.2 Å². The molecule has 2 N–H and O–H groups in total. The third kappa shape index (κ3) is 3.73. The lowest BCUT2D eigenvalue weighted by Crippen LogP contribution is -2.34. The van der Waals surface area contributed by atoms with Gasteiger partial charge in [0.2, 0.25) is 0 Å². The fourth-order valence-corrected chi connectivity index (χ4v) is 2.31. The van der Waals surface area contributed by atoms with E-state index < -0.39 is 11.9 Å². The number of carbonyl (C=O) groups is 2. The SMILES string of the molecule is CCc1cccc(CC)c1NC(=O)NC(=O)c1ccccc1. The molecule has 3 amide bonds. The Morgan fingerprint density at radius 1 is 0.864 bits per heavy atom. The largest absolute Gasteiger partial charge is 0.326 e. The van der Waals surface area contributed by atoms with E-state index in [4.69, 9.17) is 0 Å². The molecule has 0 saturated heterocycles. The van der Waals surface area contributed by atoms with Crippen LogP contribution in [-0.4, -0.2) is 11.9 Å². The van der Waals surface area contributed by atoms with Crippen LogP contribution >= 0.6 is 0 Å². The molecule has 0 aromatic heterocycles. The Kier molecular flexibility index (Phi) is 5.31. The van der Waals surface area contributed by atoms with Gasteiger partial charge in [0, 0.05) is 11.3 Å². The molecule has 0 heterocycles. The third-order valence-corrected chi connectivity index (χ3v) is 3.50. The maximum Gasteiger partial charge on any atom is 0.326 e. The summed E-state index contributed by atoms with van der Waals surface area (Å²) in [6, 6.07) is 14.1. The molecule has 4 heteroatoms. The summed E-state index contributed by atoms with van der Waals surface area (Å²) in [7, 11) is 0. The van der Waals surface area contributed by atoms with Crippen molar-refractivity contribution in [1.82, 2.24) is 5.32 Å². The highest BCUT2D eigenvalue weighted by Crippen LogP contribution is 2.22. The van der Waals surface area contributed by atoms with Gasteiger partial charge in [0.25, 0.3) is 5.91 Å². The van der Waals surface area contributed by atoms with Crippen LogP contribution in [0.2, 0.25) is 0 Å². The zero-order valence-electron chi connectivity index (χ0n) is 12.8. The van der Waals surface area contributed by atoms with Gasteiger partial charge in [-0.15, -0.1) is 0 Å². The molecular formula is C18H20N2O2. The van der Waals surface area contributed by atoms with Crippen molar-refractivity contribution in [3.8, 4) is 0 Å². The minimum absolute atomic E-state index is 0.412. The summed E-state index contributed by atoms with van der Waals surface area (Å²) in [6.45, 7) is 4.07. The number of imide groups is 1. The van der Waals surface area contributed by atoms with Gasteiger partial charge in [0.15, 0.2) is 0 Å². The zero-order chi connectivity index (χ0) is 15.9. The Balaban J connectivity index is 2.11. The van der Waals surface area contributed by atoms with Gasteiger partial charge in [-0.2, -0.15) is 0 Å². The fraction of sp³-hybridized carbons (Fsp3) is 0.222. The molecule has 0 aliphatic carbocycles. The quantitative estimate of drug-likeness (QED) is 0.902. The van der Waals surface area contributed by atoms with E-state index in [1.165, 1.54) is 0 Å². The summed E-state index contributed by atoms with van der Waals surface area (Å²) < 4.78 is 0. The van der Waals surface area contributed by atoms with Crippen LogP contribution in [0.1, 0.15) is 35.3 Å². The van der Waals surface area contributed by atoms with Crippen LogP contribution in [0, 0.1) is 0 Å². The van der Waals surface area contributed by atoms with Crippen molar-refractivity contribution in [3.05, 3.63) is 65.2 Å². The Hall–Kier alpha value is -2.62. The molecular weight excluding hydrogens is 276 g/mol. The minimum atomic E-state index is -0.510. The fourth-order valence-electron chi connectivity index (χ4n) is 2.31. The van der Waals surface area contributed by atoms with Crippen molar-refractivity contribution in [1.29, 1.82) is 0 Å². The summed E-state index contributed by atoms with van der Waals surface area (Å²) in [5.74, 6) is -0.412. The number of aryl methyl sites for hydroxylation is 2. The molecule has 2 rings (SSSR count). The van der Waals surface area contributed by atoms with Crippen molar-refractivity contribution in [2.75, 3.05) is 5.32 Å². The zero-order valence-corrected chi connectivity index (χ0v) is 12.8. The van der Waals surface area contributed by atoms with Gasteiger partial charge >= 0.3 is 6.03 Å². The number of benzene rings is 2. The van der Waals surface area contributed by atoms with Gasteiger partial charge in [-0.1, -0.05) is 50.2 Å². The number of hydrogen-bond donors (Lipinski definition) is 2. The highest BCUT2D eigenvalue weighted by molar-refractivity contribution is 6.08. The number of para-hydroxylation sites is 1. The van der Waals surface area contributed by atoms with Crippen molar-refractivity contribution < 1.29 is 9.59 Å². The molecule has 2 aromatic carbocycles. The molecule has 0 aliphatic rings. The molecule has 0 fully saturated rings. The summed E-state index contributed by atoms with van der Waals surface area (Å²) in [6.07, 6.45) is 1.63. The molecule has 4 nitrogen and oxygen atoms in total. The van der Waals surface area contributed by atoms with Crippen molar-refractivity contribution in [2.24, 2.45) is 0 Å². The Labute approximate surface area is 130 Å². The van der Waals surface area contributed by atoms with Crippen molar-refractivity contribution in [3.63, 3.8) is 0 Å². The van der Waals surface area contributed by atoms with Crippen LogP contribution in [0.3, 0.4) is 0 Å². The highest BCUT2D eigenvalue weighted by Gasteiger charge is 2.13. The number of carbonyl (C=O) groups excluding carboxylic acids is 2. The number of nitrogens with one attached hydrogen (secondary N) is 2. The van der Waals surface area contributed by atoms with Crippen LogP contribution in [0.4, 0.5) is 10.5 Å². The Morgan fingerprint density at radius 3 is 2.00 bits per heavy atom. The highest BCUT2D eigenvalue weighted by atomic mass is 16.2. The predicted octanol–water partition coefficient (Wildman–Crippen LogP) is 3.77. The van der Waals surface area contributed by atoms with E-state index in [0.29, 0.717) is 5.56 Å². The molecule has 0 radical (unpaired) electrons. The maximum absolute atomic E-state index is 12.1. The normalized spacial score (nSPS) is 10.1. The van der Waals surface area contributed by atoms with Crippen LogP contribution in [0.25, 0.3) is 0 Å². The van der Waals surface area contributed by atoms with Gasteiger partial charge in [-0.25, -0.2) is 4.79 Å². The second-order valence-corrected chi connectivity index (χ2v) is 4.93. The van der Waals surface area contributed by atoms with Crippen molar-refractivity contribution >= 4 is 17.6 Å². The molecule has 0 saturated carbocycles. The van der Waals surface area contributed by atoms with Crippen LogP contribution in [0.15, 0.2) is 48.5 Å². The first-order valence-corrected chi connectivity index (χ1v) is 7.43. The lowest BCUT2D eigenvalue weighted by molar-refractivity contribution is 0.0967. The van der Waals surface area contributed by atoms with E-state index in [0.717, 1.165) is 29.7 Å². The number of urea groups is 1. The number of hydrogen-bond acceptors (Lipinski definition) is 2. The van der Waals surface area contributed by atoms with E-state index in [2.05, 4.69) is 10.6 Å². The average molecular weight is 296 g/mol. The molecule has 0 aliphatic heterocycles. The second kappa shape index (κ2) is 7.41. The molecule has 0 atom stereocenters. The third-order valence-electron chi connectivity index (χ3n) is 3.50. The van der Waals surface area contributed by atoms with Gasteiger partial charge in [0.05, 0.1) is 0 Å². The van der Waals surface area contributed by atoms with Crippen molar-refractivity contribution in [2.45, 2.75) is 26.7 Å². The first-order chi connectivity index (χ1) is 10.7. The van der Waals surface area contributed by atoms with E-state index >= 15 is 0 Å². The standard InChI is InChI=1S/C18H20N2O2/c1-3-13-11-8-12-14(4-2)16(13)19-18(22)20-17(21)15-9-6-5-7-10-15/h5-12H,3-4H2,1-2H3,(H2,19,20,21,22). The van der Waals surface area contributed by atoms with E-state index in [1.54, 1.807) is 24.3 Å². The molecule has 2 aromatic rings. The van der Waals surface area contributed by atoms with E-state index in [9.17, 15) is 9.59 Å². The van der Waals surface area contributed by atoms with Crippen LogP contribution < -0.4 is 10.6 Å². The molecule has 0 unspecified atom stereocenters. The monoisotopic (exact) mass is 296 g/mol. The smallest absolute Gasteiger partial charge is 0.307 e. The number of rotatable bonds is 4. The van der Waals surface area contributed by atoms with Gasteiger partial charge in [-0.05, 0) is 36.1 Å². The maximum atomic E-state index is 12.1. The number of amides is 3. The molecule has 22 heavy (non-hydrogen) atoms. The molecule has 0 spiro atoms. The van der Waals surface area contributed by atoms with E-state index in [1.807, 2.05) is 38.1 Å². The Bertz CT molecular complexity index is 644. The predicted molar refractivity (Wildman–Crippen MR) is 88.1 cm³/mol. The van der Waals surface area contributed by atoms with Gasteiger partial charge in [-0.3, -0.25) is 10.1 Å². The summed E-state index contributed by atoms with van der Waals surface area (Å²) in [5.41, 5.74) is 3.37. The lowest BCUT2D eigenvalue weighted by atomic mass is 10.0. The first kappa shape index (κ1) is 15.8. The molecule has 114 valence electrons. The van der Waals surface area contributed by atoms with Crippen LogP contribution in [0.5, 0.6) is 0 Å². The average Bonchev–Trinajstić information content (AvgIpc) is 2.55. The van der Waals surface area contributed by atoms with Crippen LogP contribution in [-0.2, 0) is 12.8 Å². The first-order valence-electron chi connectivity index (χ1n) is 7.43. The summed E-state index contributed by atoms with van der Waals surface area (Å²) in [5, 5.41) is 5.17.